The van der Waals surface area contributed by atoms with Crippen LogP contribution in [-0.2, 0) is 10.2 Å². The Morgan fingerprint density at radius 3 is 2.44 bits per heavy atom. The van der Waals surface area contributed by atoms with E-state index in [-0.39, 0.29) is 6.67 Å². The largest absolute Gasteiger partial charge is 0.481 e. The number of thioether (sulfide) groups is 1. The molecular formula is C12H13FO2S. The maximum atomic E-state index is 12.0. The molecule has 0 radical (unpaired) electrons. The number of rotatable bonds is 5. The molecule has 0 unspecified atom stereocenters. The molecule has 2 rings (SSSR count). The highest BCUT2D eigenvalue weighted by molar-refractivity contribution is 7.99. The van der Waals surface area contributed by atoms with Gasteiger partial charge in [-0.1, -0.05) is 12.1 Å². The third-order valence-corrected chi connectivity index (χ3v) is 3.88. The molecule has 0 bridgehead atoms. The van der Waals surface area contributed by atoms with E-state index in [4.69, 9.17) is 5.11 Å². The van der Waals surface area contributed by atoms with E-state index in [0.717, 1.165) is 23.3 Å². The van der Waals surface area contributed by atoms with E-state index in [1.165, 1.54) is 11.8 Å². The maximum Gasteiger partial charge on any atom is 0.314 e. The third-order valence-electron chi connectivity index (χ3n) is 2.91. The third kappa shape index (κ3) is 2.07. The van der Waals surface area contributed by atoms with Crippen molar-refractivity contribution in [3.8, 4) is 0 Å². The van der Waals surface area contributed by atoms with Crippen LogP contribution in [0.5, 0.6) is 0 Å². The van der Waals surface area contributed by atoms with Gasteiger partial charge in [-0.2, -0.15) is 0 Å². The summed E-state index contributed by atoms with van der Waals surface area (Å²) in [6.45, 7) is -0.342. The van der Waals surface area contributed by atoms with Gasteiger partial charge in [0.1, 0.15) is 0 Å². The van der Waals surface area contributed by atoms with Gasteiger partial charge in [-0.15, -0.1) is 11.8 Å². The van der Waals surface area contributed by atoms with Crippen LogP contribution in [0.2, 0.25) is 0 Å². The molecule has 1 aliphatic rings. The second-order valence-corrected chi connectivity index (χ2v) is 5.12. The predicted molar refractivity (Wildman–Crippen MR) is 61.7 cm³/mol. The molecule has 1 saturated carbocycles. The molecule has 0 aliphatic heterocycles. The summed E-state index contributed by atoms with van der Waals surface area (Å²) < 4.78 is 12.0. The highest BCUT2D eigenvalue weighted by Crippen LogP contribution is 2.48. The molecule has 0 heterocycles. The van der Waals surface area contributed by atoms with Crippen molar-refractivity contribution in [1.29, 1.82) is 0 Å². The molecule has 4 heteroatoms. The predicted octanol–water partition coefficient (Wildman–Crippen LogP) is 2.86. The lowest BCUT2D eigenvalue weighted by Crippen LogP contribution is -2.19. The summed E-state index contributed by atoms with van der Waals surface area (Å²) in [6.07, 6.45) is 1.44. The van der Waals surface area contributed by atoms with Gasteiger partial charge in [-0.05, 0) is 30.5 Å². The minimum Gasteiger partial charge on any atom is -0.481 e. The Morgan fingerprint density at radius 2 is 2.00 bits per heavy atom. The first kappa shape index (κ1) is 11.5. The lowest BCUT2D eigenvalue weighted by molar-refractivity contribution is -0.140. The molecule has 2 nitrogen and oxygen atoms in total. The zero-order valence-electron chi connectivity index (χ0n) is 8.78. The summed E-state index contributed by atoms with van der Waals surface area (Å²) in [4.78, 5) is 12.1. The second kappa shape index (κ2) is 4.45. The summed E-state index contributed by atoms with van der Waals surface area (Å²) >= 11 is 1.45. The number of carboxylic acid groups (broad SMARTS) is 1. The van der Waals surface area contributed by atoms with E-state index in [1.807, 2.05) is 24.3 Å². The van der Waals surface area contributed by atoms with E-state index in [1.54, 1.807) is 0 Å². The summed E-state index contributed by atoms with van der Waals surface area (Å²) in [7, 11) is 0. The number of carbonyl (C=O) groups is 1. The van der Waals surface area contributed by atoms with Gasteiger partial charge in [0.2, 0.25) is 0 Å². The molecular weight excluding hydrogens is 227 g/mol. The number of carboxylic acids is 1. The Labute approximate surface area is 97.9 Å². The van der Waals surface area contributed by atoms with Crippen molar-refractivity contribution in [3.05, 3.63) is 29.8 Å². The van der Waals surface area contributed by atoms with Crippen LogP contribution in [0.4, 0.5) is 4.39 Å². The van der Waals surface area contributed by atoms with E-state index in [2.05, 4.69) is 0 Å². The van der Waals surface area contributed by atoms with Crippen LogP contribution in [-0.4, -0.2) is 23.5 Å². The van der Waals surface area contributed by atoms with Gasteiger partial charge < -0.3 is 5.11 Å². The van der Waals surface area contributed by atoms with Crippen LogP contribution in [0.25, 0.3) is 0 Å². The monoisotopic (exact) mass is 240 g/mol. The van der Waals surface area contributed by atoms with Crippen LogP contribution < -0.4 is 0 Å². The Kier molecular flexibility index (Phi) is 3.19. The van der Waals surface area contributed by atoms with Gasteiger partial charge >= 0.3 is 5.97 Å². The number of aliphatic carboxylic acids is 1. The summed E-state index contributed by atoms with van der Waals surface area (Å²) in [6, 6.07) is 7.45. The number of alkyl halides is 1. The highest BCUT2D eigenvalue weighted by atomic mass is 32.2. The van der Waals surface area contributed by atoms with Crippen LogP contribution in [0, 0.1) is 0 Å². The van der Waals surface area contributed by atoms with Crippen molar-refractivity contribution < 1.29 is 14.3 Å². The Bertz CT molecular complexity index is 385. The molecule has 0 amide bonds. The lowest BCUT2D eigenvalue weighted by atomic mass is 9.96. The fourth-order valence-electron chi connectivity index (χ4n) is 1.78. The number of hydrogen-bond donors (Lipinski definition) is 1. The molecule has 1 aliphatic carbocycles. The van der Waals surface area contributed by atoms with Crippen molar-refractivity contribution in [2.75, 3.05) is 12.4 Å². The molecule has 0 saturated heterocycles. The molecule has 0 spiro atoms. The van der Waals surface area contributed by atoms with Crippen LogP contribution in [0.3, 0.4) is 0 Å². The van der Waals surface area contributed by atoms with Crippen molar-refractivity contribution in [1.82, 2.24) is 0 Å². The van der Waals surface area contributed by atoms with E-state index in [9.17, 15) is 9.18 Å². The van der Waals surface area contributed by atoms with E-state index < -0.39 is 11.4 Å². The Morgan fingerprint density at radius 1 is 1.38 bits per heavy atom. The smallest absolute Gasteiger partial charge is 0.314 e. The first-order valence-electron chi connectivity index (χ1n) is 5.22. The number of benzene rings is 1. The van der Waals surface area contributed by atoms with Crippen molar-refractivity contribution >= 4 is 17.7 Å². The van der Waals surface area contributed by atoms with Crippen LogP contribution >= 0.6 is 11.8 Å². The van der Waals surface area contributed by atoms with Crippen molar-refractivity contribution in [2.45, 2.75) is 23.2 Å². The first-order valence-corrected chi connectivity index (χ1v) is 6.20. The number of hydrogen-bond acceptors (Lipinski definition) is 2. The standard InChI is InChI=1S/C12H13FO2S/c13-7-8-16-10-3-1-9(2-4-10)12(5-6-12)11(14)15/h1-4H,5-8H2,(H,14,15). The molecule has 1 N–H and O–H groups in total. The molecule has 1 aromatic carbocycles. The SMILES string of the molecule is O=C(O)C1(c2ccc(SCCF)cc2)CC1. The van der Waals surface area contributed by atoms with Crippen LogP contribution in [0.15, 0.2) is 29.2 Å². The molecule has 16 heavy (non-hydrogen) atoms. The quantitative estimate of drug-likeness (QED) is 0.804. The summed E-state index contributed by atoms with van der Waals surface area (Å²) in [5.41, 5.74) is 0.230. The average molecular weight is 240 g/mol. The maximum absolute atomic E-state index is 12.0. The Hall–Kier alpha value is -1.03. The fraction of sp³-hybridized carbons (Fsp3) is 0.417. The highest BCUT2D eigenvalue weighted by Gasteiger charge is 2.51. The minimum atomic E-state index is -0.739. The van der Waals surface area contributed by atoms with Gasteiger partial charge in [0, 0.05) is 10.6 Å². The summed E-state index contributed by atoms with van der Waals surface area (Å²) in [5.74, 6) is -0.291. The van der Waals surface area contributed by atoms with Gasteiger partial charge in [0.25, 0.3) is 0 Å². The molecule has 1 fully saturated rings. The van der Waals surface area contributed by atoms with Gasteiger partial charge in [0.05, 0.1) is 12.1 Å². The molecule has 86 valence electrons. The fourth-order valence-corrected chi connectivity index (χ4v) is 2.42. The second-order valence-electron chi connectivity index (χ2n) is 3.95. The topological polar surface area (TPSA) is 37.3 Å². The van der Waals surface area contributed by atoms with Gasteiger partial charge in [-0.25, -0.2) is 0 Å². The zero-order chi connectivity index (χ0) is 11.6. The van der Waals surface area contributed by atoms with Crippen molar-refractivity contribution in [2.24, 2.45) is 0 Å². The first-order chi connectivity index (χ1) is 7.69. The van der Waals surface area contributed by atoms with Crippen molar-refractivity contribution in [3.63, 3.8) is 0 Å². The lowest BCUT2D eigenvalue weighted by Gasteiger charge is -2.10. The zero-order valence-corrected chi connectivity index (χ0v) is 9.60. The Balaban J connectivity index is 2.11. The normalized spacial score (nSPS) is 17.1. The molecule has 1 aromatic rings. The van der Waals surface area contributed by atoms with Gasteiger partial charge in [-0.3, -0.25) is 9.18 Å². The van der Waals surface area contributed by atoms with Gasteiger partial charge in [0.15, 0.2) is 0 Å². The summed E-state index contributed by atoms with van der Waals surface area (Å²) in [5, 5.41) is 9.11. The number of halogens is 1. The average Bonchev–Trinajstić information content (AvgIpc) is 3.08. The molecule has 0 aromatic heterocycles. The van der Waals surface area contributed by atoms with E-state index >= 15 is 0 Å². The molecule has 0 atom stereocenters. The minimum absolute atomic E-state index is 0.342. The van der Waals surface area contributed by atoms with Crippen LogP contribution in [0.1, 0.15) is 18.4 Å². The van der Waals surface area contributed by atoms with E-state index in [0.29, 0.717) is 5.75 Å².